The number of esters is 1. The van der Waals surface area contributed by atoms with Gasteiger partial charge in [0.1, 0.15) is 5.75 Å². The minimum Gasteiger partial charge on any atom is -0.423 e. The van der Waals surface area contributed by atoms with E-state index in [1.807, 2.05) is 23.9 Å². The van der Waals surface area contributed by atoms with Gasteiger partial charge in [-0.2, -0.15) is 11.8 Å². The number of ether oxygens (including phenoxy) is 1. The van der Waals surface area contributed by atoms with Crippen LogP contribution in [0.2, 0.25) is 0 Å². The quantitative estimate of drug-likeness (QED) is 0.640. The average Bonchev–Trinajstić information content (AvgIpc) is 2.54. The molecular formula is C18H19NO3S. The maximum atomic E-state index is 12.1. The van der Waals surface area contributed by atoms with E-state index in [0.29, 0.717) is 17.0 Å². The van der Waals surface area contributed by atoms with Crippen molar-refractivity contribution in [2.45, 2.75) is 19.6 Å². The molecule has 0 spiro atoms. The van der Waals surface area contributed by atoms with Crippen LogP contribution in [0.3, 0.4) is 0 Å². The summed E-state index contributed by atoms with van der Waals surface area (Å²) in [6.45, 7) is 3.56. The summed E-state index contributed by atoms with van der Waals surface area (Å²) in [5.41, 5.74) is 2.37. The summed E-state index contributed by atoms with van der Waals surface area (Å²) in [6, 6.07) is 14.1. The maximum Gasteiger partial charge on any atom is 0.343 e. The molecule has 0 aliphatic carbocycles. The molecule has 2 rings (SSSR count). The van der Waals surface area contributed by atoms with Crippen LogP contribution in [-0.4, -0.2) is 17.6 Å². The molecule has 0 bridgehead atoms. The summed E-state index contributed by atoms with van der Waals surface area (Å²) < 4.78 is 5.32. The fourth-order valence-electron chi connectivity index (χ4n) is 1.93. The third kappa shape index (κ3) is 5.45. The lowest BCUT2D eigenvalue weighted by Crippen LogP contribution is -2.09. The van der Waals surface area contributed by atoms with Crippen molar-refractivity contribution in [2.75, 3.05) is 11.1 Å². The fraction of sp³-hybridized carbons (Fsp3) is 0.222. The van der Waals surface area contributed by atoms with Gasteiger partial charge in [-0.1, -0.05) is 19.1 Å². The van der Waals surface area contributed by atoms with Gasteiger partial charge < -0.3 is 10.1 Å². The summed E-state index contributed by atoms with van der Waals surface area (Å²) in [5.74, 6) is 1.91. The minimum absolute atomic E-state index is 0.143. The first-order valence-corrected chi connectivity index (χ1v) is 8.50. The second-order valence-electron chi connectivity index (χ2n) is 4.93. The largest absolute Gasteiger partial charge is 0.423 e. The minimum atomic E-state index is -0.396. The standard InChI is InChI=1S/C18H19NO3S/c1-3-23-12-14-4-6-15(7-5-14)18(21)22-17-10-8-16(9-11-17)19-13(2)20/h4-11H,3,12H2,1-2H3,(H,19,20). The van der Waals surface area contributed by atoms with E-state index in [4.69, 9.17) is 4.74 Å². The molecule has 0 aromatic heterocycles. The number of nitrogens with one attached hydrogen (secondary N) is 1. The zero-order chi connectivity index (χ0) is 16.7. The van der Waals surface area contributed by atoms with Gasteiger partial charge in [0, 0.05) is 18.4 Å². The van der Waals surface area contributed by atoms with E-state index in [-0.39, 0.29) is 5.91 Å². The van der Waals surface area contributed by atoms with Crippen molar-refractivity contribution in [2.24, 2.45) is 0 Å². The Bertz CT molecular complexity index is 666. The highest BCUT2D eigenvalue weighted by Crippen LogP contribution is 2.18. The Kier molecular flexibility index (Phi) is 6.23. The number of rotatable bonds is 6. The van der Waals surface area contributed by atoms with E-state index in [1.165, 1.54) is 12.5 Å². The Morgan fingerprint density at radius 2 is 1.70 bits per heavy atom. The number of hydrogen-bond acceptors (Lipinski definition) is 4. The molecule has 120 valence electrons. The second-order valence-corrected chi connectivity index (χ2v) is 6.20. The Balaban J connectivity index is 1.96. The van der Waals surface area contributed by atoms with Gasteiger partial charge in [-0.15, -0.1) is 0 Å². The normalized spacial score (nSPS) is 10.2. The number of amides is 1. The van der Waals surface area contributed by atoms with Gasteiger partial charge in [-0.05, 0) is 47.7 Å². The van der Waals surface area contributed by atoms with E-state index >= 15 is 0 Å². The first kappa shape index (κ1) is 17.1. The van der Waals surface area contributed by atoms with Gasteiger partial charge in [0.15, 0.2) is 0 Å². The molecule has 0 fully saturated rings. The van der Waals surface area contributed by atoms with Gasteiger partial charge in [0.25, 0.3) is 0 Å². The Morgan fingerprint density at radius 3 is 2.26 bits per heavy atom. The van der Waals surface area contributed by atoms with Crippen molar-refractivity contribution in [1.82, 2.24) is 0 Å². The molecule has 0 saturated heterocycles. The SMILES string of the molecule is CCSCc1ccc(C(=O)Oc2ccc(NC(C)=O)cc2)cc1. The molecule has 23 heavy (non-hydrogen) atoms. The number of benzene rings is 2. The predicted octanol–water partition coefficient (Wildman–Crippen LogP) is 4.12. The monoisotopic (exact) mass is 329 g/mol. The zero-order valence-electron chi connectivity index (χ0n) is 13.2. The highest BCUT2D eigenvalue weighted by Gasteiger charge is 2.08. The first-order chi connectivity index (χ1) is 11.1. The Morgan fingerprint density at radius 1 is 1.04 bits per heavy atom. The van der Waals surface area contributed by atoms with Gasteiger partial charge >= 0.3 is 5.97 Å². The van der Waals surface area contributed by atoms with Crippen molar-refractivity contribution in [3.8, 4) is 5.75 Å². The smallest absolute Gasteiger partial charge is 0.343 e. The summed E-state index contributed by atoms with van der Waals surface area (Å²) >= 11 is 1.84. The summed E-state index contributed by atoms with van der Waals surface area (Å²) in [6.07, 6.45) is 0. The molecule has 0 atom stereocenters. The summed E-state index contributed by atoms with van der Waals surface area (Å²) in [7, 11) is 0. The van der Waals surface area contributed by atoms with E-state index < -0.39 is 5.97 Å². The van der Waals surface area contributed by atoms with E-state index in [0.717, 1.165) is 11.5 Å². The molecule has 0 unspecified atom stereocenters. The van der Waals surface area contributed by atoms with Crippen molar-refractivity contribution in [3.05, 3.63) is 59.7 Å². The van der Waals surface area contributed by atoms with Gasteiger partial charge in [-0.25, -0.2) is 4.79 Å². The lowest BCUT2D eigenvalue weighted by Gasteiger charge is -2.07. The number of carbonyl (C=O) groups excluding carboxylic acids is 2. The van der Waals surface area contributed by atoms with Crippen molar-refractivity contribution >= 4 is 29.3 Å². The van der Waals surface area contributed by atoms with Crippen LogP contribution in [-0.2, 0) is 10.5 Å². The van der Waals surface area contributed by atoms with Crippen LogP contribution in [0.4, 0.5) is 5.69 Å². The molecule has 2 aromatic carbocycles. The molecular weight excluding hydrogens is 310 g/mol. The molecule has 0 aliphatic heterocycles. The molecule has 2 aromatic rings. The third-order valence-corrected chi connectivity index (χ3v) is 3.99. The molecule has 0 aliphatic rings. The third-order valence-electron chi connectivity index (χ3n) is 3.05. The number of carbonyl (C=O) groups is 2. The summed E-state index contributed by atoms with van der Waals surface area (Å²) in [5, 5.41) is 2.66. The van der Waals surface area contributed by atoms with Gasteiger partial charge in [0.2, 0.25) is 5.91 Å². The molecule has 1 amide bonds. The van der Waals surface area contributed by atoms with Crippen LogP contribution < -0.4 is 10.1 Å². The predicted molar refractivity (Wildman–Crippen MR) is 94.0 cm³/mol. The topological polar surface area (TPSA) is 55.4 Å². The average molecular weight is 329 g/mol. The Labute approximate surface area is 140 Å². The van der Waals surface area contributed by atoms with Crippen LogP contribution in [0.1, 0.15) is 29.8 Å². The maximum absolute atomic E-state index is 12.1. The van der Waals surface area contributed by atoms with E-state index in [2.05, 4.69) is 12.2 Å². The summed E-state index contributed by atoms with van der Waals surface area (Å²) in [4.78, 5) is 23.1. The van der Waals surface area contributed by atoms with Crippen molar-refractivity contribution in [1.29, 1.82) is 0 Å². The van der Waals surface area contributed by atoms with E-state index in [9.17, 15) is 9.59 Å². The van der Waals surface area contributed by atoms with E-state index in [1.54, 1.807) is 36.4 Å². The highest BCUT2D eigenvalue weighted by molar-refractivity contribution is 7.98. The molecule has 0 heterocycles. The molecule has 0 radical (unpaired) electrons. The molecule has 5 heteroatoms. The van der Waals surface area contributed by atoms with Crippen LogP contribution in [0.5, 0.6) is 5.75 Å². The number of thioether (sulfide) groups is 1. The zero-order valence-corrected chi connectivity index (χ0v) is 14.0. The second kappa shape index (κ2) is 8.39. The number of anilines is 1. The van der Waals surface area contributed by atoms with Crippen LogP contribution in [0.15, 0.2) is 48.5 Å². The lowest BCUT2D eigenvalue weighted by molar-refractivity contribution is -0.114. The van der Waals surface area contributed by atoms with Gasteiger partial charge in [0.05, 0.1) is 5.56 Å². The fourth-order valence-corrected chi connectivity index (χ4v) is 2.56. The highest BCUT2D eigenvalue weighted by atomic mass is 32.2. The lowest BCUT2D eigenvalue weighted by atomic mass is 10.1. The number of hydrogen-bond donors (Lipinski definition) is 1. The molecule has 0 saturated carbocycles. The first-order valence-electron chi connectivity index (χ1n) is 7.35. The van der Waals surface area contributed by atoms with Crippen LogP contribution in [0, 0.1) is 0 Å². The van der Waals surface area contributed by atoms with Crippen molar-refractivity contribution in [3.63, 3.8) is 0 Å². The van der Waals surface area contributed by atoms with Crippen LogP contribution >= 0.6 is 11.8 Å². The van der Waals surface area contributed by atoms with Crippen molar-refractivity contribution < 1.29 is 14.3 Å². The Hall–Kier alpha value is -2.27. The molecule has 1 N–H and O–H groups in total. The van der Waals surface area contributed by atoms with Gasteiger partial charge in [-0.3, -0.25) is 4.79 Å². The van der Waals surface area contributed by atoms with Crippen LogP contribution in [0.25, 0.3) is 0 Å². The molecule has 4 nitrogen and oxygen atoms in total.